The van der Waals surface area contributed by atoms with Crippen molar-refractivity contribution in [1.82, 2.24) is 9.55 Å². The Morgan fingerprint density at radius 3 is 2.76 bits per heavy atom. The lowest BCUT2D eigenvalue weighted by Crippen LogP contribution is -2.29. The molecule has 0 unspecified atom stereocenters. The lowest BCUT2D eigenvalue weighted by Gasteiger charge is -2.21. The van der Waals surface area contributed by atoms with Crippen LogP contribution >= 0.6 is 0 Å². The third kappa shape index (κ3) is 7.10. The highest BCUT2D eigenvalue weighted by Crippen LogP contribution is 2.26. The van der Waals surface area contributed by atoms with Crippen molar-refractivity contribution in [2.24, 2.45) is 0 Å². The van der Waals surface area contributed by atoms with E-state index in [9.17, 15) is 17.6 Å². The summed E-state index contributed by atoms with van der Waals surface area (Å²) in [5.74, 6) is -0.543. The van der Waals surface area contributed by atoms with Crippen molar-refractivity contribution in [2.45, 2.75) is 51.6 Å². The van der Waals surface area contributed by atoms with E-state index in [-0.39, 0.29) is 18.8 Å². The van der Waals surface area contributed by atoms with Crippen LogP contribution in [0.1, 0.15) is 25.5 Å². The zero-order valence-corrected chi connectivity index (χ0v) is 21.1. The fourth-order valence-corrected chi connectivity index (χ4v) is 5.69. The maximum absolute atomic E-state index is 14.9. The molecular formula is C21H30FN3O6SSi. The van der Waals surface area contributed by atoms with E-state index in [2.05, 4.69) is 29.2 Å². The number of carbonyl (C=O) groups excluding carboxylic acids is 1. The Balaban J connectivity index is 1.65. The first-order valence-electron chi connectivity index (χ1n) is 10.8. The molecule has 2 heterocycles. The smallest absolute Gasteiger partial charge is 0.414 e. The van der Waals surface area contributed by atoms with Gasteiger partial charge in [0.05, 0.1) is 42.8 Å². The highest BCUT2D eigenvalue weighted by atomic mass is 32.2. The predicted molar refractivity (Wildman–Crippen MR) is 124 cm³/mol. The fourth-order valence-electron chi connectivity index (χ4n) is 3.41. The molecule has 1 atom stereocenters. The van der Waals surface area contributed by atoms with Gasteiger partial charge in [-0.25, -0.2) is 14.2 Å². The lowest BCUT2D eigenvalue weighted by molar-refractivity contribution is 0.107. The van der Waals surface area contributed by atoms with E-state index >= 15 is 0 Å². The van der Waals surface area contributed by atoms with Crippen LogP contribution in [0, 0.1) is 5.82 Å². The first kappa shape index (κ1) is 25.3. The van der Waals surface area contributed by atoms with Gasteiger partial charge in [-0.15, -0.1) is 0 Å². The SMILES string of the molecule is CCCC[Si](C)(C)OCc1cn(-c2ccc(N3C[C@@H](COS(C)(=O)=O)OC3=O)cc2F)cn1. The Morgan fingerprint density at radius 1 is 1.33 bits per heavy atom. The maximum Gasteiger partial charge on any atom is 0.414 e. The van der Waals surface area contributed by atoms with Crippen LogP contribution in [0.25, 0.3) is 5.69 Å². The van der Waals surface area contributed by atoms with Crippen LogP contribution in [0.4, 0.5) is 14.9 Å². The number of hydrogen-bond donors (Lipinski definition) is 0. The highest BCUT2D eigenvalue weighted by Gasteiger charge is 2.33. The van der Waals surface area contributed by atoms with E-state index < -0.39 is 36.4 Å². The molecule has 1 aliphatic heterocycles. The molecule has 0 spiro atoms. The minimum absolute atomic E-state index is 0.0530. The Bertz CT molecular complexity index is 1090. The van der Waals surface area contributed by atoms with Gasteiger partial charge in [0, 0.05) is 6.20 Å². The van der Waals surface area contributed by atoms with Crippen LogP contribution in [0.15, 0.2) is 30.7 Å². The number of rotatable bonds is 11. The van der Waals surface area contributed by atoms with Crippen molar-refractivity contribution in [2.75, 3.05) is 24.3 Å². The number of benzene rings is 1. The summed E-state index contributed by atoms with van der Waals surface area (Å²) in [7, 11) is -5.41. The number of anilines is 1. The Morgan fingerprint density at radius 2 is 2.09 bits per heavy atom. The molecule has 2 aromatic rings. The normalized spacial score (nSPS) is 16.9. The number of aromatic nitrogens is 2. The topological polar surface area (TPSA) is 100.0 Å². The van der Waals surface area contributed by atoms with Gasteiger partial charge in [-0.05, 0) is 37.3 Å². The molecule has 33 heavy (non-hydrogen) atoms. The van der Waals surface area contributed by atoms with Gasteiger partial charge >= 0.3 is 6.09 Å². The van der Waals surface area contributed by atoms with Crippen molar-refractivity contribution < 1.29 is 30.9 Å². The van der Waals surface area contributed by atoms with E-state index in [4.69, 9.17) is 9.16 Å². The monoisotopic (exact) mass is 499 g/mol. The van der Waals surface area contributed by atoms with Gasteiger partial charge in [0.1, 0.15) is 18.5 Å². The van der Waals surface area contributed by atoms with Crippen LogP contribution in [0.3, 0.4) is 0 Å². The molecule has 0 saturated carbocycles. The molecule has 12 heteroatoms. The first-order chi connectivity index (χ1) is 15.5. The van der Waals surface area contributed by atoms with Crippen molar-refractivity contribution >= 4 is 30.2 Å². The van der Waals surface area contributed by atoms with Gasteiger partial charge in [-0.3, -0.25) is 9.08 Å². The average Bonchev–Trinajstić information content (AvgIpc) is 3.35. The van der Waals surface area contributed by atoms with Gasteiger partial charge in [-0.1, -0.05) is 19.8 Å². The quantitative estimate of drug-likeness (QED) is 0.342. The van der Waals surface area contributed by atoms with Crippen molar-refractivity contribution in [1.29, 1.82) is 0 Å². The minimum Gasteiger partial charge on any atom is -0.441 e. The van der Waals surface area contributed by atoms with Gasteiger partial charge in [-0.2, -0.15) is 8.42 Å². The lowest BCUT2D eigenvalue weighted by atomic mass is 10.2. The number of hydrogen-bond acceptors (Lipinski definition) is 7. The van der Waals surface area contributed by atoms with Gasteiger partial charge in [0.2, 0.25) is 0 Å². The molecule has 0 radical (unpaired) electrons. The number of ether oxygens (including phenoxy) is 1. The number of carbonyl (C=O) groups is 1. The summed E-state index contributed by atoms with van der Waals surface area (Å²) in [6.07, 6.45) is 4.98. The molecular weight excluding hydrogens is 469 g/mol. The van der Waals surface area contributed by atoms with Crippen molar-refractivity contribution in [3.05, 3.63) is 42.2 Å². The van der Waals surface area contributed by atoms with Crippen LogP contribution in [-0.4, -0.2) is 57.9 Å². The minimum atomic E-state index is -3.65. The molecule has 1 aromatic carbocycles. The highest BCUT2D eigenvalue weighted by molar-refractivity contribution is 7.85. The second kappa shape index (κ2) is 10.3. The Hall–Kier alpha value is -2.28. The van der Waals surface area contributed by atoms with Crippen LogP contribution in [-0.2, 0) is 30.1 Å². The van der Waals surface area contributed by atoms with Gasteiger partial charge < -0.3 is 13.7 Å². The molecule has 1 aromatic heterocycles. The third-order valence-electron chi connectivity index (χ3n) is 5.24. The van der Waals surface area contributed by atoms with Crippen molar-refractivity contribution in [3.8, 4) is 5.69 Å². The van der Waals surface area contributed by atoms with Crippen LogP contribution < -0.4 is 4.90 Å². The summed E-state index contributed by atoms with van der Waals surface area (Å²) in [5.41, 5.74) is 1.30. The maximum atomic E-state index is 14.9. The predicted octanol–water partition coefficient (Wildman–Crippen LogP) is 3.83. The molecule has 0 bridgehead atoms. The van der Waals surface area contributed by atoms with Gasteiger partial charge in [0.15, 0.2) is 8.32 Å². The summed E-state index contributed by atoms with van der Waals surface area (Å²) in [6, 6.07) is 5.45. The number of halogens is 1. The van der Waals surface area contributed by atoms with E-state index in [0.29, 0.717) is 18.0 Å². The Kier molecular flexibility index (Phi) is 7.93. The second-order valence-corrected chi connectivity index (χ2v) is 14.6. The molecule has 1 amide bonds. The average molecular weight is 500 g/mol. The zero-order valence-electron chi connectivity index (χ0n) is 19.3. The third-order valence-corrected chi connectivity index (χ3v) is 8.29. The molecule has 3 rings (SSSR count). The molecule has 0 aliphatic carbocycles. The number of cyclic esters (lactones) is 1. The summed E-state index contributed by atoms with van der Waals surface area (Å²) in [5, 5.41) is 0. The largest absolute Gasteiger partial charge is 0.441 e. The van der Waals surface area contributed by atoms with E-state index in [0.717, 1.165) is 25.1 Å². The van der Waals surface area contributed by atoms with E-state index in [1.54, 1.807) is 22.9 Å². The number of nitrogens with zero attached hydrogens (tertiary/aromatic N) is 3. The summed E-state index contributed by atoms with van der Waals surface area (Å²) < 4.78 is 54.6. The molecule has 1 saturated heterocycles. The molecule has 1 aliphatic rings. The molecule has 0 N–H and O–H groups in total. The van der Waals surface area contributed by atoms with Crippen LogP contribution in [0.2, 0.25) is 19.1 Å². The summed E-state index contributed by atoms with van der Waals surface area (Å²) in [4.78, 5) is 17.7. The molecule has 182 valence electrons. The molecule has 1 fully saturated rings. The number of amides is 1. The zero-order chi connectivity index (χ0) is 24.2. The van der Waals surface area contributed by atoms with Gasteiger partial charge in [0.25, 0.3) is 10.1 Å². The summed E-state index contributed by atoms with van der Waals surface area (Å²) >= 11 is 0. The molecule has 9 nitrogen and oxygen atoms in total. The first-order valence-corrected chi connectivity index (χ1v) is 15.7. The standard InChI is InChI=1S/C21H30FN3O6SSi/c1-5-6-9-33(3,4)30-13-16-11-24(15-23-16)20-8-7-17(10-19(20)22)25-12-18(31-21(25)26)14-29-32(2,27)28/h7-8,10-11,15,18H,5-6,9,12-14H2,1-4H3/t18-/m0/s1. The Labute approximate surface area is 194 Å². The fraction of sp³-hybridized carbons (Fsp3) is 0.524. The van der Waals surface area contributed by atoms with E-state index in [1.165, 1.54) is 17.3 Å². The number of unbranched alkanes of at least 4 members (excludes halogenated alkanes) is 1. The number of imidazole rings is 1. The second-order valence-electron chi connectivity index (χ2n) is 8.66. The van der Waals surface area contributed by atoms with Crippen molar-refractivity contribution in [3.63, 3.8) is 0 Å². The summed E-state index contributed by atoms with van der Waals surface area (Å²) in [6.45, 7) is 6.66. The van der Waals surface area contributed by atoms with E-state index in [1.807, 2.05) is 0 Å². The van der Waals surface area contributed by atoms with Crippen LogP contribution in [0.5, 0.6) is 0 Å².